The van der Waals surface area contributed by atoms with Crippen LogP contribution in [0, 0.1) is 17.8 Å². The fourth-order valence-corrected chi connectivity index (χ4v) is 4.77. The largest absolute Gasteiger partial charge is 0.488 e. The molecule has 2 aliphatic carbocycles. The van der Waals surface area contributed by atoms with Gasteiger partial charge in [0.2, 0.25) is 0 Å². The summed E-state index contributed by atoms with van der Waals surface area (Å²) in [7, 11) is 0. The van der Waals surface area contributed by atoms with Crippen molar-refractivity contribution in [3.8, 4) is 5.75 Å². The number of ether oxygens (including phenoxy) is 2. The lowest BCUT2D eigenvalue weighted by Crippen LogP contribution is -2.36. The zero-order valence-corrected chi connectivity index (χ0v) is 15.4. The Balaban J connectivity index is 1.56. The first-order chi connectivity index (χ1) is 12.0. The van der Waals surface area contributed by atoms with Gasteiger partial charge >= 0.3 is 5.97 Å². The van der Waals surface area contributed by atoms with Crippen LogP contribution in [0.3, 0.4) is 0 Å². The summed E-state index contributed by atoms with van der Waals surface area (Å²) in [6.07, 6.45) is 8.81. The van der Waals surface area contributed by atoms with Crippen LogP contribution in [-0.2, 0) is 4.74 Å². The van der Waals surface area contributed by atoms with Gasteiger partial charge in [0.25, 0.3) is 0 Å². The predicted molar refractivity (Wildman–Crippen MR) is 97.9 cm³/mol. The highest BCUT2D eigenvalue weighted by Crippen LogP contribution is 2.45. The van der Waals surface area contributed by atoms with E-state index in [1.54, 1.807) is 0 Å². The van der Waals surface area contributed by atoms with E-state index in [1.165, 1.54) is 6.42 Å². The molecule has 0 amide bonds. The smallest absolute Gasteiger partial charge is 0.342 e. The first kappa shape index (κ1) is 16.7. The van der Waals surface area contributed by atoms with E-state index in [2.05, 4.69) is 39.0 Å². The Labute approximate surface area is 150 Å². The predicted octanol–water partition coefficient (Wildman–Crippen LogP) is 5.11. The molecule has 1 saturated carbocycles. The topological polar surface area (TPSA) is 35.5 Å². The Bertz CT molecular complexity index is 691. The molecule has 0 spiro atoms. The Hall–Kier alpha value is -1.77. The number of esters is 1. The van der Waals surface area contributed by atoms with Crippen molar-refractivity contribution in [2.45, 2.75) is 64.6 Å². The molecule has 0 bridgehead atoms. The van der Waals surface area contributed by atoms with Gasteiger partial charge in [-0.25, -0.2) is 4.79 Å². The summed E-state index contributed by atoms with van der Waals surface area (Å²) in [5.41, 5.74) is 1.73. The lowest BCUT2D eigenvalue weighted by Gasteiger charge is -2.36. The monoisotopic (exact) mass is 340 g/mol. The molecule has 0 saturated heterocycles. The number of para-hydroxylation sites is 1. The second-order valence-electron chi connectivity index (χ2n) is 8.34. The van der Waals surface area contributed by atoms with Gasteiger partial charge in [-0.05, 0) is 36.7 Å². The highest BCUT2D eigenvalue weighted by molar-refractivity contribution is 5.93. The molecule has 1 aliphatic heterocycles. The average Bonchev–Trinajstić information content (AvgIpc) is 3.15. The van der Waals surface area contributed by atoms with Gasteiger partial charge in [-0.15, -0.1) is 0 Å². The van der Waals surface area contributed by atoms with Gasteiger partial charge < -0.3 is 9.47 Å². The highest BCUT2D eigenvalue weighted by Gasteiger charge is 2.39. The Kier molecular flexibility index (Phi) is 4.35. The van der Waals surface area contributed by atoms with Crippen LogP contribution >= 0.6 is 0 Å². The molecule has 5 unspecified atom stereocenters. The van der Waals surface area contributed by atoms with E-state index < -0.39 is 0 Å². The summed E-state index contributed by atoms with van der Waals surface area (Å²) < 4.78 is 12.1. The summed E-state index contributed by atoms with van der Waals surface area (Å²) >= 11 is 0. The normalized spacial score (nSPS) is 33.0. The van der Waals surface area contributed by atoms with Crippen molar-refractivity contribution >= 4 is 5.97 Å². The Morgan fingerprint density at radius 1 is 1.28 bits per heavy atom. The molecule has 0 aromatic heterocycles. The molecule has 25 heavy (non-hydrogen) atoms. The van der Waals surface area contributed by atoms with Gasteiger partial charge in [0.1, 0.15) is 23.5 Å². The summed E-state index contributed by atoms with van der Waals surface area (Å²) in [6, 6.07) is 5.88. The molecule has 3 nitrogen and oxygen atoms in total. The molecule has 0 radical (unpaired) electrons. The van der Waals surface area contributed by atoms with Crippen molar-refractivity contribution in [3.63, 3.8) is 0 Å². The van der Waals surface area contributed by atoms with E-state index in [9.17, 15) is 4.79 Å². The van der Waals surface area contributed by atoms with E-state index >= 15 is 0 Å². The molecule has 4 rings (SSSR count). The first-order valence-corrected chi connectivity index (χ1v) is 9.71. The van der Waals surface area contributed by atoms with Crippen LogP contribution in [0.15, 0.2) is 30.4 Å². The maximum absolute atomic E-state index is 12.9. The molecule has 0 N–H and O–H groups in total. The van der Waals surface area contributed by atoms with E-state index in [4.69, 9.17) is 9.47 Å². The lowest BCUT2D eigenvalue weighted by atomic mass is 9.75. The quantitative estimate of drug-likeness (QED) is 0.567. The molecule has 1 aromatic carbocycles. The summed E-state index contributed by atoms with van der Waals surface area (Å²) in [4.78, 5) is 12.9. The molecule has 5 atom stereocenters. The number of benzene rings is 1. The third-order valence-electron chi connectivity index (χ3n) is 6.23. The number of rotatable bonds is 3. The van der Waals surface area contributed by atoms with Crippen molar-refractivity contribution in [2.24, 2.45) is 17.8 Å². The van der Waals surface area contributed by atoms with Gasteiger partial charge in [-0.3, -0.25) is 0 Å². The van der Waals surface area contributed by atoms with Crippen LogP contribution in [0.5, 0.6) is 5.75 Å². The maximum Gasteiger partial charge on any atom is 0.342 e. The van der Waals surface area contributed by atoms with Crippen molar-refractivity contribution in [1.82, 2.24) is 0 Å². The van der Waals surface area contributed by atoms with Gasteiger partial charge in [0, 0.05) is 17.9 Å². The Morgan fingerprint density at radius 2 is 2.12 bits per heavy atom. The van der Waals surface area contributed by atoms with Crippen LogP contribution < -0.4 is 4.74 Å². The minimum absolute atomic E-state index is 0.0212. The van der Waals surface area contributed by atoms with Crippen LogP contribution in [-0.4, -0.2) is 18.2 Å². The van der Waals surface area contributed by atoms with Crippen molar-refractivity contribution in [2.75, 3.05) is 0 Å². The van der Waals surface area contributed by atoms with E-state index in [0.717, 1.165) is 30.6 Å². The van der Waals surface area contributed by atoms with Gasteiger partial charge in [0.05, 0.1) is 0 Å². The van der Waals surface area contributed by atoms with Crippen LogP contribution in [0.2, 0.25) is 0 Å². The third kappa shape index (κ3) is 2.98. The Morgan fingerprint density at radius 3 is 2.92 bits per heavy atom. The molecule has 3 heteroatoms. The van der Waals surface area contributed by atoms with Crippen molar-refractivity contribution < 1.29 is 14.3 Å². The minimum atomic E-state index is -0.217. The molecule has 1 fully saturated rings. The standard InChI is InChI=1S/C22H28O3/c1-13(2)15-11-10-14(3)12-20(15)25-22(23)18-8-4-7-17-16-6-5-9-19(16)24-21(17)18/h4-8,13-16,19-20H,9-12H2,1-3H3. The second kappa shape index (κ2) is 6.51. The van der Waals surface area contributed by atoms with Gasteiger partial charge in [-0.2, -0.15) is 0 Å². The maximum atomic E-state index is 12.9. The van der Waals surface area contributed by atoms with Crippen LogP contribution in [0.25, 0.3) is 0 Å². The number of hydrogen-bond acceptors (Lipinski definition) is 3. The van der Waals surface area contributed by atoms with Crippen LogP contribution in [0.4, 0.5) is 0 Å². The van der Waals surface area contributed by atoms with E-state index in [1.807, 2.05) is 12.1 Å². The number of hydrogen-bond donors (Lipinski definition) is 0. The summed E-state index contributed by atoms with van der Waals surface area (Å²) in [5, 5.41) is 0. The first-order valence-electron chi connectivity index (χ1n) is 9.71. The average molecular weight is 340 g/mol. The molecule has 1 heterocycles. The van der Waals surface area contributed by atoms with Crippen molar-refractivity contribution in [3.05, 3.63) is 41.5 Å². The van der Waals surface area contributed by atoms with Gasteiger partial charge in [-0.1, -0.05) is 51.5 Å². The third-order valence-corrected chi connectivity index (χ3v) is 6.23. The minimum Gasteiger partial charge on any atom is -0.488 e. The van der Waals surface area contributed by atoms with E-state index in [-0.39, 0.29) is 18.2 Å². The molecule has 3 aliphatic rings. The SMILES string of the molecule is CC1CCC(C(C)C)C(OC(=O)c2cccc3c2OC2CC=CC32)C1. The lowest BCUT2D eigenvalue weighted by molar-refractivity contribution is -0.0176. The summed E-state index contributed by atoms with van der Waals surface area (Å²) in [6.45, 7) is 6.73. The fraction of sp³-hybridized carbons (Fsp3) is 0.591. The second-order valence-corrected chi connectivity index (χ2v) is 8.34. The number of carbonyl (C=O) groups is 1. The fourth-order valence-electron chi connectivity index (χ4n) is 4.77. The van der Waals surface area contributed by atoms with E-state index in [0.29, 0.717) is 29.2 Å². The van der Waals surface area contributed by atoms with Crippen LogP contribution in [0.1, 0.15) is 68.3 Å². The zero-order valence-electron chi connectivity index (χ0n) is 15.4. The summed E-state index contributed by atoms with van der Waals surface area (Å²) in [5.74, 6) is 2.44. The number of carbonyl (C=O) groups excluding carboxylic acids is 1. The molecule has 1 aromatic rings. The molecule has 134 valence electrons. The van der Waals surface area contributed by atoms with Crippen molar-refractivity contribution in [1.29, 1.82) is 0 Å². The molecular formula is C22H28O3. The zero-order chi connectivity index (χ0) is 17.6. The molecular weight excluding hydrogens is 312 g/mol. The highest BCUT2D eigenvalue weighted by atomic mass is 16.5. The number of fused-ring (bicyclic) bond motifs is 3. The van der Waals surface area contributed by atoms with Gasteiger partial charge in [0.15, 0.2) is 0 Å².